The molecule has 138 valence electrons. The average molecular weight is 424 g/mol. The third kappa shape index (κ3) is 5.29. The number of likely N-dealkylation sites (N-methyl/N-ethyl adjacent to an activating group) is 1. The molecule has 0 radical (unpaired) electrons. The second-order valence-electron chi connectivity index (χ2n) is 5.46. The Morgan fingerprint density at radius 3 is 2.58 bits per heavy atom. The topological polar surface area (TPSA) is 55.8 Å². The summed E-state index contributed by atoms with van der Waals surface area (Å²) < 4.78 is 24.0. The fourth-order valence-electron chi connectivity index (χ4n) is 2.33. The highest BCUT2D eigenvalue weighted by atomic mass is 79.9. The summed E-state index contributed by atoms with van der Waals surface area (Å²) in [6.45, 7) is 2.46. The maximum atomic E-state index is 13.3. The van der Waals surface area contributed by atoms with Crippen molar-refractivity contribution in [3.05, 3.63) is 63.9 Å². The van der Waals surface area contributed by atoms with Crippen LogP contribution in [0.3, 0.4) is 0 Å². The lowest BCUT2D eigenvalue weighted by atomic mass is 10.2. The first-order chi connectivity index (χ1) is 12.4. The van der Waals surface area contributed by atoms with Gasteiger partial charge >= 0.3 is 5.97 Å². The zero-order valence-corrected chi connectivity index (χ0v) is 16.1. The SMILES string of the molecule is CCN(Cc1cccc(F)c1)C(=O)COc1ccc(C(=O)OC)cc1Br. The minimum Gasteiger partial charge on any atom is -0.483 e. The zero-order chi connectivity index (χ0) is 19.1. The van der Waals surface area contributed by atoms with E-state index in [1.165, 1.54) is 19.2 Å². The molecule has 1 amide bonds. The van der Waals surface area contributed by atoms with Crippen LogP contribution in [0.2, 0.25) is 0 Å². The number of rotatable bonds is 7. The van der Waals surface area contributed by atoms with Crippen molar-refractivity contribution in [1.29, 1.82) is 0 Å². The molecule has 0 saturated heterocycles. The Balaban J connectivity index is 1.99. The minimum atomic E-state index is -0.458. The van der Waals surface area contributed by atoms with Crippen LogP contribution in [0.1, 0.15) is 22.8 Å². The number of carbonyl (C=O) groups is 2. The van der Waals surface area contributed by atoms with Gasteiger partial charge in [0.05, 0.1) is 17.1 Å². The fraction of sp³-hybridized carbons (Fsp3) is 0.263. The number of hydrogen-bond donors (Lipinski definition) is 0. The van der Waals surface area contributed by atoms with E-state index in [0.717, 1.165) is 0 Å². The highest BCUT2D eigenvalue weighted by Gasteiger charge is 2.15. The van der Waals surface area contributed by atoms with E-state index < -0.39 is 5.97 Å². The predicted octanol–water partition coefficient (Wildman–Crippen LogP) is 3.80. The van der Waals surface area contributed by atoms with Crippen LogP contribution in [0.25, 0.3) is 0 Å². The fourth-order valence-corrected chi connectivity index (χ4v) is 2.82. The van der Waals surface area contributed by atoms with E-state index in [-0.39, 0.29) is 18.3 Å². The Morgan fingerprint density at radius 2 is 1.96 bits per heavy atom. The number of nitrogens with zero attached hydrogens (tertiary/aromatic N) is 1. The van der Waals surface area contributed by atoms with Gasteiger partial charge in [-0.05, 0) is 58.7 Å². The molecule has 0 aromatic heterocycles. The molecule has 0 saturated carbocycles. The number of hydrogen-bond acceptors (Lipinski definition) is 4. The largest absolute Gasteiger partial charge is 0.483 e. The molecule has 0 aliphatic heterocycles. The number of amides is 1. The van der Waals surface area contributed by atoms with Crippen molar-refractivity contribution in [2.24, 2.45) is 0 Å². The number of carbonyl (C=O) groups excluding carboxylic acids is 2. The third-order valence-corrected chi connectivity index (χ3v) is 4.32. The number of halogens is 2. The summed E-state index contributed by atoms with van der Waals surface area (Å²) in [6.07, 6.45) is 0. The van der Waals surface area contributed by atoms with Crippen LogP contribution in [0.15, 0.2) is 46.9 Å². The standard InChI is InChI=1S/C19H19BrFNO4/c1-3-22(11-13-5-4-6-15(21)9-13)18(23)12-26-17-8-7-14(10-16(17)20)19(24)25-2/h4-10H,3,11-12H2,1-2H3. The van der Waals surface area contributed by atoms with Gasteiger partial charge in [0, 0.05) is 13.1 Å². The van der Waals surface area contributed by atoms with Crippen LogP contribution in [-0.2, 0) is 16.1 Å². The van der Waals surface area contributed by atoms with Gasteiger partial charge in [0.2, 0.25) is 0 Å². The Labute approximate surface area is 159 Å². The molecule has 26 heavy (non-hydrogen) atoms. The van der Waals surface area contributed by atoms with E-state index >= 15 is 0 Å². The van der Waals surface area contributed by atoms with Crippen molar-refractivity contribution in [3.63, 3.8) is 0 Å². The summed E-state index contributed by atoms with van der Waals surface area (Å²) in [6, 6.07) is 10.9. The number of benzene rings is 2. The molecule has 0 aliphatic carbocycles. The maximum absolute atomic E-state index is 13.3. The summed E-state index contributed by atoms with van der Waals surface area (Å²) in [4.78, 5) is 25.5. The highest BCUT2D eigenvalue weighted by Crippen LogP contribution is 2.26. The lowest BCUT2D eigenvalue weighted by Crippen LogP contribution is -2.34. The average Bonchev–Trinajstić information content (AvgIpc) is 2.64. The molecule has 2 aromatic rings. The first-order valence-electron chi connectivity index (χ1n) is 7.97. The second-order valence-corrected chi connectivity index (χ2v) is 6.32. The van der Waals surface area contributed by atoms with Crippen molar-refractivity contribution in [2.75, 3.05) is 20.3 Å². The van der Waals surface area contributed by atoms with Gasteiger partial charge in [0.1, 0.15) is 11.6 Å². The van der Waals surface area contributed by atoms with E-state index in [1.807, 2.05) is 6.92 Å². The normalized spacial score (nSPS) is 10.3. The second kappa shape index (κ2) is 9.33. The third-order valence-electron chi connectivity index (χ3n) is 3.70. The van der Waals surface area contributed by atoms with Crippen molar-refractivity contribution in [3.8, 4) is 5.75 Å². The van der Waals surface area contributed by atoms with Gasteiger partial charge in [-0.25, -0.2) is 9.18 Å². The Hall–Kier alpha value is -2.41. The molecule has 0 bridgehead atoms. The Kier molecular flexibility index (Phi) is 7.15. The molecule has 0 N–H and O–H groups in total. The van der Waals surface area contributed by atoms with Crippen molar-refractivity contribution in [1.82, 2.24) is 4.90 Å². The molecule has 0 atom stereocenters. The molecule has 0 aliphatic rings. The van der Waals surface area contributed by atoms with Crippen molar-refractivity contribution in [2.45, 2.75) is 13.5 Å². The molecule has 2 rings (SSSR count). The van der Waals surface area contributed by atoms with E-state index in [2.05, 4.69) is 20.7 Å². The van der Waals surface area contributed by atoms with E-state index in [4.69, 9.17) is 4.74 Å². The zero-order valence-electron chi connectivity index (χ0n) is 14.5. The maximum Gasteiger partial charge on any atom is 0.337 e. The smallest absolute Gasteiger partial charge is 0.337 e. The summed E-state index contributed by atoms with van der Waals surface area (Å²) in [5, 5.41) is 0. The molecule has 0 heterocycles. The summed E-state index contributed by atoms with van der Waals surface area (Å²) in [5.74, 6) is -0.578. The molecule has 2 aromatic carbocycles. The molecular weight excluding hydrogens is 405 g/mol. The summed E-state index contributed by atoms with van der Waals surface area (Å²) in [7, 11) is 1.30. The van der Waals surface area contributed by atoms with Crippen LogP contribution >= 0.6 is 15.9 Å². The first kappa shape index (κ1) is 19.9. The minimum absolute atomic E-state index is 0.167. The number of ether oxygens (including phenoxy) is 2. The Bertz CT molecular complexity index is 797. The van der Waals surface area contributed by atoms with Gasteiger partial charge in [0.25, 0.3) is 5.91 Å². The van der Waals surface area contributed by atoms with Gasteiger partial charge in [-0.1, -0.05) is 12.1 Å². The molecule has 0 fully saturated rings. The van der Waals surface area contributed by atoms with Crippen LogP contribution in [0, 0.1) is 5.82 Å². The summed E-state index contributed by atoms with van der Waals surface area (Å²) >= 11 is 3.31. The van der Waals surface area contributed by atoms with Gasteiger partial charge in [-0.2, -0.15) is 0 Å². The monoisotopic (exact) mass is 423 g/mol. The quantitative estimate of drug-likeness (QED) is 0.635. The van der Waals surface area contributed by atoms with E-state index in [9.17, 15) is 14.0 Å². The summed E-state index contributed by atoms with van der Waals surface area (Å²) in [5.41, 5.74) is 1.09. The predicted molar refractivity (Wildman–Crippen MR) is 98.5 cm³/mol. The number of methoxy groups -OCH3 is 1. The van der Waals surface area contributed by atoms with Crippen LogP contribution < -0.4 is 4.74 Å². The first-order valence-corrected chi connectivity index (χ1v) is 8.76. The molecule has 0 unspecified atom stereocenters. The van der Waals surface area contributed by atoms with Gasteiger partial charge in [0.15, 0.2) is 6.61 Å². The van der Waals surface area contributed by atoms with Crippen LogP contribution in [-0.4, -0.2) is 37.0 Å². The molecular formula is C19H19BrFNO4. The van der Waals surface area contributed by atoms with Gasteiger partial charge in [-0.15, -0.1) is 0 Å². The van der Waals surface area contributed by atoms with Crippen molar-refractivity contribution >= 4 is 27.8 Å². The van der Waals surface area contributed by atoms with Crippen LogP contribution in [0.4, 0.5) is 4.39 Å². The lowest BCUT2D eigenvalue weighted by molar-refractivity contribution is -0.133. The van der Waals surface area contributed by atoms with Gasteiger partial charge in [-0.3, -0.25) is 4.79 Å². The van der Waals surface area contributed by atoms with E-state index in [0.29, 0.717) is 34.4 Å². The van der Waals surface area contributed by atoms with Crippen molar-refractivity contribution < 1.29 is 23.5 Å². The lowest BCUT2D eigenvalue weighted by Gasteiger charge is -2.21. The number of esters is 1. The molecule has 7 heteroatoms. The molecule has 0 spiro atoms. The van der Waals surface area contributed by atoms with Gasteiger partial charge < -0.3 is 14.4 Å². The van der Waals surface area contributed by atoms with Crippen LogP contribution in [0.5, 0.6) is 5.75 Å². The molecule has 5 nitrogen and oxygen atoms in total. The Morgan fingerprint density at radius 1 is 1.19 bits per heavy atom. The highest BCUT2D eigenvalue weighted by molar-refractivity contribution is 9.10. The van der Waals surface area contributed by atoms with E-state index in [1.54, 1.807) is 35.2 Å².